The van der Waals surface area contributed by atoms with Crippen LogP contribution in [0, 0.1) is 0 Å². The molecular weight excluding hydrogens is 371 g/mol. The molecule has 6 nitrogen and oxygen atoms in total. The van der Waals surface area contributed by atoms with Gasteiger partial charge in [0.25, 0.3) is 0 Å². The first-order chi connectivity index (χ1) is 12.1. The number of hydrogen-bond donors (Lipinski definition) is 3. The Kier molecular flexibility index (Phi) is 5.88. The first-order valence-corrected chi connectivity index (χ1v) is 8.95. The van der Waals surface area contributed by atoms with Crippen molar-refractivity contribution in [3.63, 3.8) is 0 Å². The maximum Gasteiger partial charge on any atom is 0.418 e. The molecule has 0 aliphatic rings. The standard InChI is InChI=1S/C16H16F3N3O3S/c17-16(18,19)13-3-1-2-4-14(13)22-15(23)21-10-9-11-5-7-12(8-6-11)26(20,24)25/h1-8H,9-10H2,(H2,20,24,25)(H2,21,22,23). The summed E-state index contributed by atoms with van der Waals surface area (Å²) in [5.41, 5.74) is -0.544. The summed E-state index contributed by atoms with van der Waals surface area (Å²) >= 11 is 0. The van der Waals surface area contributed by atoms with Crippen molar-refractivity contribution >= 4 is 21.7 Å². The number of hydrogen-bond acceptors (Lipinski definition) is 3. The highest BCUT2D eigenvalue weighted by Gasteiger charge is 2.33. The highest BCUT2D eigenvalue weighted by Crippen LogP contribution is 2.34. The van der Waals surface area contributed by atoms with E-state index < -0.39 is 27.8 Å². The Hall–Kier alpha value is -2.59. The first-order valence-electron chi connectivity index (χ1n) is 7.40. The summed E-state index contributed by atoms with van der Waals surface area (Å²) in [6.07, 6.45) is -4.21. The third kappa shape index (κ3) is 5.46. The molecule has 140 valence electrons. The average molecular weight is 387 g/mol. The predicted molar refractivity (Wildman–Crippen MR) is 90.0 cm³/mol. The lowest BCUT2D eigenvalue weighted by Crippen LogP contribution is -2.31. The fraction of sp³-hybridized carbons (Fsp3) is 0.188. The smallest absolute Gasteiger partial charge is 0.338 e. The van der Waals surface area contributed by atoms with Crippen molar-refractivity contribution in [2.24, 2.45) is 5.14 Å². The van der Waals surface area contributed by atoms with Gasteiger partial charge in [0.2, 0.25) is 10.0 Å². The summed E-state index contributed by atoms with van der Waals surface area (Å²) < 4.78 is 60.9. The zero-order valence-electron chi connectivity index (χ0n) is 13.4. The van der Waals surface area contributed by atoms with Crippen molar-refractivity contribution in [3.05, 3.63) is 59.7 Å². The molecule has 0 bridgehead atoms. The topological polar surface area (TPSA) is 101 Å². The van der Waals surface area contributed by atoms with Gasteiger partial charge in [-0.1, -0.05) is 24.3 Å². The molecular formula is C16H16F3N3O3S. The minimum absolute atomic E-state index is 0.0318. The van der Waals surface area contributed by atoms with Gasteiger partial charge in [0.15, 0.2) is 0 Å². The summed E-state index contributed by atoms with van der Waals surface area (Å²) in [7, 11) is -3.78. The monoisotopic (exact) mass is 387 g/mol. The largest absolute Gasteiger partial charge is 0.418 e. The molecule has 0 atom stereocenters. The summed E-state index contributed by atoms with van der Waals surface area (Å²) in [6, 6.07) is 9.64. The second-order valence-electron chi connectivity index (χ2n) is 5.36. The Balaban J connectivity index is 1.90. The van der Waals surface area contributed by atoms with Crippen LogP contribution in [0.1, 0.15) is 11.1 Å². The van der Waals surface area contributed by atoms with Gasteiger partial charge in [-0.25, -0.2) is 18.4 Å². The minimum atomic E-state index is -4.57. The molecule has 2 aromatic carbocycles. The van der Waals surface area contributed by atoms with Crippen LogP contribution < -0.4 is 15.8 Å². The van der Waals surface area contributed by atoms with E-state index in [1.54, 1.807) is 0 Å². The number of carbonyl (C=O) groups is 1. The number of para-hydroxylation sites is 1. The molecule has 0 unspecified atom stereocenters. The second kappa shape index (κ2) is 7.75. The number of carbonyl (C=O) groups excluding carboxylic acids is 1. The van der Waals surface area contributed by atoms with Gasteiger partial charge < -0.3 is 10.6 Å². The first kappa shape index (κ1) is 19.7. The molecule has 10 heteroatoms. The molecule has 26 heavy (non-hydrogen) atoms. The Labute approximate surface area is 148 Å². The number of anilines is 1. The predicted octanol–water partition coefficient (Wildman–Crippen LogP) is 2.72. The van der Waals surface area contributed by atoms with Crippen LogP contribution in [-0.4, -0.2) is 21.0 Å². The lowest BCUT2D eigenvalue weighted by Gasteiger charge is -2.14. The quantitative estimate of drug-likeness (QED) is 0.735. The van der Waals surface area contributed by atoms with E-state index >= 15 is 0 Å². The number of nitrogens with two attached hydrogens (primary N) is 1. The van der Waals surface area contributed by atoms with Crippen LogP contribution in [0.5, 0.6) is 0 Å². The van der Waals surface area contributed by atoms with E-state index in [0.29, 0.717) is 6.42 Å². The van der Waals surface area contributed by atoms with Gasteiger partial charge in [0, 0.05) is 6.54 Å². The lowest BCUT2D eigenvalue weighted by atomic mass is 10.1. The van der Waals surface area contributed by atoms with Crippen LogP contribution in [0.25, 0.3) is 0 Å². The number of primary sulfonamides is 1. The van der Waals surface area contributed by atoms with Gasteiger partial charge in [-0.3, -0.25) is 0 Å². The molecule has 0 fully saturated rings. The van der Waals surface area contributed by atoms with Crippen molar-refractivity contribution < 1.29 is 26.4 Å². The van der Waals surface area contributed by atoms with E-state index in [-0.39, 0.29) is 17.1 Å². The molecule has 0 radical (unpaired) electrons. The van der Waals surface area contributed by atoms with Gasteiger partial charge in [-0.15, -0.1) is 0 Å². The molecule has 2 aromatic rings. The maximum atomic E-state index is 12.9. The number of amides is 2. The number of sulfonamides is 1. The molecule has 0 heterocycles. The number of nitrogens with one attached hydrogen (secondary N) is 2. The number of benzene rings is 2. The highest BCUT2D eigenvalue weighted by atomic mass is 32.2. The van der Waals surface area contributed by atoms with Gasteiger partial charge in [0.05, 0.1) is 16.1 Å². The summed E-state index contributed by atoms with van der Waals surface area (Å²) in [5.74, 6) is 0. The summed E-state index contributed by atoms with van der Waals surface area (Å²) in [4.78, 5) is 11.8. The van der Waals surface area contributed by atoms with Crippen LogP contribution in [0.2, 0.25) is 0 Å². The zero-order valence-corrected chi connectivity index (χ0v) is 14.2. The fourth-order valence-electron chi connectivity index (χ4n) is 2.17. The van der Waals surface area contributed by atoms with Crippen LogP contribution in [-0.2, 0) is 22.6 Å². The number of halogens is 3. The maximum absolute atomic E-state index is 12.9. The normalized spacial score (nSPS) is 11.8. The Morgan fingerprint density at radius 1 is 1.04 bits per heavy atom. The molecule has 0 spiro atoms. The van der Waals surface area contributed by atoms with Gasteiger partial charge in [0.1, 0.15) is 0 Å². The van der Waals surface area contributed by atoms with Crippen molar-refractivity contribution in [3.8, 4) is 0 Å². The number of alkyl halides is 3. The van der Waals surface area contributed by atoms with Gasteiger partial charge in [-0.2, -0.15) is 13.2 Å². The second-order valence-corrected chi connectivity index (χ2v) is 6.92. The summed E-state index contributed by atoms with van der Waals surface area (Å²) in [5, 5.41) is 9.60. The SMILES string of the molecule is NS(=O)(=O)c1ccc(CCNC(=O)Nc2ccccc2C(F)(F)F)cc1. The average Bonchev–Trinajstić information content (AvgIpc) is 2.54. The van der Waals surface area contributed by atoms with E-state index in [0.717, 1.165) is 17.7 Å². The van der Waals surface area contributed by atoms with E-state index in [4.69, 9.17) is 5.14 Å². The molecule has 2 amide bonds. The zero-order chi connectivity index (χ0) is 19.4. The molecule has 2 rings (SSSR count). The van der Waals surface area contributed by atoms with Crippen molar-refractivity contribution in [2.75, 3.05) is 11.9 Å². The third-order valence-electron chi connectivity index (χ3n) is 3.43. The third-order valence-corrected chi connectivity index (χ3v) is 4.36. The fourth-order valence-corrected chi connectivity index (χ4v) is 2.69. The van der Waals surface area contributed by atoms with Crippen LogP contribution in [0.3, 0.4) is 0 Å². The van der Waals surface area contributed by atoms with Gasteiger partial charge >= 0.3 is 12.2 Å². The number of urea groups is 1. The van der Waals surface area contributed by atoms with E-state index in [9.17, 15) is 26.4 Å². The molecule has 0 saturated heterocycles. The minimum Gasteiger partial charge on any atom is -0.338 e. The van der Waals surface area contributed by atoms with E-state index in [1.165, 1.54) is 36.4 Å². The Morgan fingerprint density at radius 3 is 2.23 bits per heavy atom. The molecule has 0 aliphatic carbocycles. The number of rotatable bonds is 5. The molecule has 0 saturated carbocycles. The van der Waals surface area contributed by atoms with Gasteiger partial charge in [-0.05, 0) is 36.2 Å². The van der Waals surface area contributed by atoms with Crippen LogP contribution in [0.15, 0.2) is 53.4 Å². The van der Waals surface area contributed by atoms with E-state index in [1.807, 2.05) is 0 Å². The molecule has 4 N–H and O–H groups in total. The highest BCUT2D eigenvalue weighted by molar-refractivity contribution is 7.89. The lowest BCUT2D eigenvalue weighted by molar-refractivity contribution is -0.136. The van der Waals surface area contributed by atoms with E-state index in [2.05, 4.69) is 10.6 Å². The van der Waals surface area contributed by atoms with Crippen molar-refractivity contribution in [1.29, 1.82) is 0 Å². The summed E-state index contributed by atoms with van der Waals surface area (Å²) in [6.45, 7) is 0.148. The molecule has 0 aliphatic heterocycles. The van der Waals surface area contributed by atoms with Crippen LogP contribution >= 0.6 is 0 Å². The molecule has 0 aromatic heterocycles. The van der Waals surface area contributed by atoms with Crippen molar-refractivity contribution in [1.82, 2.24) is 5.32 Å². The van der Waals surface area contributed by atoms with Crippen LogP contribution in [0.4, 0.5) is 23.7 Å². The van der Waals surface area contributed by atoms with Crippen molar-refractivity contribution in [2.45, 2.75) is 17.5 Å². The Bertz CT molecular complexity index is 882. The Morgan fingerprint density at radius 2 is 1.65 bits per heavy atom.